The van der Waals surface area contributed by atoms with Crippen LogP contribution in [0.2, 0.25) is 0 Å². The molecule has 150 valence electrons. The SMILES string of the molecule is Cc1cc(C)cc(C(=O)NC(NC(=S)Nc2ccc(C)c(C)c2)C(Cl)(Cl)Cl)c1. The summed E-state index contributed by atoms with van der Waals surface area (Å²) in [4.78, 5) is 12.6. The summed E-state index contributed by atoms with van der Waals surface area (Å²) in [7, 11) is 0. The van der Waals surface area contributed by atoms with Gasteiger partial charge in [-0.05, 0) is 75.3 Å². The van der Waals surface area contributed by atoms with Crippen LogP contribution in [-0.2, 0) is 0 Å². The first kappa shape index (κ1) is 22.8. The Kier molecular flexibility index (Phi) is 7.57. The van der Waals surface area contributed by atoms with E-state index in [9.17, 15) is 4.79 Å². The second-order valence-electron chi connectivity index (χ2n) is 6.72. The monoisotopic (exact) mass is 457 g/mol. The molecule has 3 N–H and O–H groups in total. The molecule has 2 aromatic carbocycles. The van der Waals surface area contributed by atoms with Crippen LogP contribution in [-0.4, -0.2) is 21.0 Å². The first-order valence-electron chi connectivity index (χ1n) is 8.56. The first-order valence-corrected chi connectivity index (χ1v) is 10.1. The van der Waals surface area contributed by atoms with Gasteiger partial charge in [-0.3, -0.25) is 4.79 Å². The highest BCUT2D eigenvalue weighted by atomic mass is 35.6. The molecule has 0 aliphatic heterocycles. The molecular weight excluding hydrogens is 437 g/mol. The van der Waals surface area contributed by atoms with Crippen LogP contribution in [0.3, 0.4) is 0 Å². The lowest BCUT2D eigenvalue weighted by molar-refractivity contribution is 0.0934. The van der Waals surface area contributed by atoms with E-state index in [1.54, 1.807) is 12.1 Å². The summed E-state index contributed by atoms with van der Waals surface area (Å²) in [6.07, 6.45) is -1.03. The molecule has 1 unspecified atom stereocenters. The first-order chi connectivity index (χ1) is 13.0. The van der Waals surface area contributed by atoms with Crippen molar-refractivity contribution >= 4 is 63.7 Å². The van der Waals surface area contributed by atoms with Crippen LogP contribution in [0.1, 0.15) is 32.6 Å². The smallest absolute Gasteiger partial charge is 0.253 e. The van der Waals surface area contributed by atoms with Crippen molar-refractivity contribution in [3.8, 4) is 0 Å². The largest absolute Gasteiger partial charge is 0.339 e. The second-order valence-corrected chi connectivity index (χ2v) is 9.50. The van der Waals surface area contributed by atoms with Gasteiger partial charge in [0.2, 0.25) is 3.79 Å². The van der Waals surface area contributed by atoms with Crippen molar-refractivity contribution in [1.82, 2.24) is 10.6 Å². The minimum absolute atomic E-state index is 0.223. The Morgan fingerprint density at radius 3 is 2.07 bits per heavy atom. The van der Waals surface area contributed by atoms with E-state index in [4.69, 9.17) is 47.0 Å². The van der Waals surface area contributed by atoms with Crippen molar-refractivity contribution < 1.29 is 4.79 Å². The molecule has 0 saturated carbocycles. The third-order valence-electron chi connectivity index (χ3n) is 4.13. The number of amides is 1. The van der Waals surface area contributed by atoms with E-state index in [-0.39, 0.29) is 11.0 Å². The highest BCUT2D eigenvalue weighted by Crippen LogP contribution is 2.29. The molecule has 0 saturated heterocycles. The van der Waals surface area contributed by atoms with Crippen molar-refractivity contribution in [1.29, 1.82) is 0 Å². The van der Waals surface area contributed by atoms with Crippen LogP contribution in [0.15, 0.2) is 36.4 Å². The van der Waals surface area contributed by atoms with E-state index in [1.165, 1.54) is 5.56 Å². The zero-order valence-electron chi connectivity index (χ0n) is 16.0. The molecule has 28 heavy (non-hydrogen) atoms. The topological polar surface area (TPSA) is 53.2 Å². The molecule has 2 rings (SSSR count). The molecule has 0 aliphatic carbocycles. The molecule has 0 bridgehead atoms. The number of benzene rings is 2. The normalized spacial score (nSPS) is 12.2. The molecule has 0 aliphatic rings. The molecule has 1 atom stereocenters. The molecule has 4 nitrogen and oxygen atoms in total. The van der Waals surface area contributed by atoms with Crippen molar-refractivity contribution in [2.45, 2.75) is 37.7 Å². The van der Waals surface area contributed by atoms with Gasteiger partial charge in [-0.25, -0.2) is 0 Å². The third kappa shape index (κ3) is 6.52. The average Bonchev–Trinajstić information content (AvgIpc) is 2.55. The fourth-order valence-corrected chi connectivity index (χ4v) is 3.20. The van der Waals surface area contributed by atoms with Crippen LogP contribution in [0.5, 0.6) is 0 Å². The Bertz CT molecular complexity index is 877. The summed E-state index contributed by atoms with van der Waals surface area (Å²) < 4.78 is -1.82. The van der Waals surface area contributed by atoms with E-state index in [2.05, 4.69) is 16.0 Å². The fraction of sp³-hybridized carbons (Fsp3) is 0.300. The van der Waals surface area contributed by atoms with E-state index in [0.29, 0.717) is 5.56 Å². The minimum Gasteiger partial charge on any atom is -0.339 e. The number of carbonyl (C=O) groups excluding carboxylic acids is 1. The number of aryl methyl sites for hydroxylation is 4. The summed E-state index contributed by atoms with van der Waals surface area (Å²) in [5, 5.41) is 8.81. The van der Waals surface area contributed by atoms with Crippen molar-refractivity contribution in [3.05, 3.63) is 64.2 Å². The summed E-state index contributed by atoms with van der Waals surface area (Å²) in [6, 6.07) is 11.3. The Morgan fingerprint density at radius 1 is 0.929 bits per heavy atom. The lowest BCUT2D eigenvalue weighted by Crippen LogP contribution is -2.56. The number of hydrogen-bond acceptors (Lipinski definition) is 2. The number of anilines is 1. The predicted octanol–water partition coefficient (Wildman–Crippen LogP) is 5.33. The molecule has 1 amide bonds. The number of rotatable bonds is 4. The Morgan fingerprint density at radius 2 is 1.54 bits per heavy atom. The molecule has 8 heteroatoms. The zero-order valence-corrected chi connectivity index (χ0v) is 19.1. The third-order valence-corrected chi connectivity index (χ3v) is 5.00. The second kappa shape index (κ2) is 9.31. The Labute approximate surface area is 185 Å². The number of hydrogen-bond donors (Lipinski definition) is 3. The van der Waals surface area contributed by atoms with Crippen LogP contribution >= 0.6 is 47.0 Å². The molecule has 0 radical (unpaired) electrons. The Balaban J connectivity index is 2.11. The van der Waals surface area contributed by atoms with Gasteiger partial charge in [-0.2, -0.15) is 0 Å². The lowest BCUT2D eigenvalue weighted by atomic mass is 10.1. The van der Waals surface area contributed by atoms with Crippen LogP contribution < -0.4 is 16.0 Å². The van der Waals surface area contributed by atoms with Crippen molar-refractivity contribution in [3.63, 3.8) is 0 Å². The predicted molar refractivity (Wildman–Crippen MR) is 123 cm³/mol. The fourth-order valence-electron chi connectivity index (χ4n) is 2.64. The average molecular weight is 459 g/mol. The highest BCUT2D eigenvalue weighted by molar-refractivity contribution is 7.80. The minimum atomic E-state index is -1.82. The van der Waals surface area contributed by atoms with Crippen molar-refractivity contribution in [2.24, 2.45) is 0 Å². The molecule has 0 fully saturated rings. The number of halogens is 3. The van der Waals surface area contributed by atoms with Gasteiger partial charge in [0, 0.05) is 11.3 Å². The van der Waals surface area contributed by atoms with Gasteiger partial charge < -0.3 is 16.0 Å². The van der Waals surface area contributed by atoms with Gasteiger partial charge >= 0.3 is 0 Å². The van der Waals surface area contributed by atoms with E-state index < -0.39 is 9.96 Å². The quantitative estimate of drug-likeness (QED) is 0.329. The van der Waals surface area contributed by atoms with Crippen LogP contribution in [0.4, 0.5) is 5.69 Å². The van der Waals surface area contributed by atoms with Gasteiger partial charge in [-0.1, -0.05) is 58.1 Å². The summed E-state index contributed by atoms with van der Waals surface area (Å²) in [5.74, 6) is -0.371. The Hall–Kier alpha value is -1.53. The molecular formula is C20H22Cl3N3OS. The van der Waals surface area contributed by atoms with Crippen LogP contribution in [0.25, 0.3) is 0 Å². The maximum atomic E-state index is 12.6. The maximum absolute atomic E-state index is 12.6. The van der Waals surface area contributed by atoms with Gasteiger partial charge in [0.25, 0.3) is 5.91 Å². The summed E-state index contributed by atoms with van der Waals surface area (Å²) >= 11 is 23.5. The van der Waals surface area contributed by atoms with E-state index >= 15 is 0 Å². The number of thiocarbonyl (C=S) groups is 1. The molecule has 0 heterocycles. The van der Waals surface area contributed by atoms with Crippen molar-refractivity contribution in [2.75, 3.05) is 5.32 Å². The summed E-state index contributed by atoms with van der Waals surface area (Å²) in [6.45, 7) is 7.86. The maximum Gasteiger partial charge on any atom is 0.253 e. The number of alkyl halides is 3. The molecule has 0 aromatic heterocycles. The van der Waals surface area contributed by atoms with Gasteiger partial charge in [0.05, 0.1) is 0 Å². The molecule has 0 spiro atoms. The lowest BCUT2D eigenvalue weighted by Gasteiger charge is -2.28. The van der Waals surface area contributed by atoms with Gasteiger partial charge in [0.1, 0.15) is 6.17 Å². The van der Waals surface area contributed by atoms with Gasteiger partial charge in [-0.15, -0.1) is 0 Å². The zero-order chi connectivity index (χ0) is 21.1. The van der Waals surface area contributed by atoms with E-state index in [0.717, 1.165) is 22.4 Å². The summed E-state index contributed by atoms with van der Waals surface area (Å²) in [5.41, 5.74) is 5.50. The van der Waals surface area contributed by atoms with Gasteiger partial charge in [0.15, 0.2) is 5.11 Å². The highest BCUT2D eigenvalue weighted by Gasteiger charge is 2.35. The number of nitrogens with one attached hydrogen (secondary N) is 3. The van der Waals surface area contributed by atoms with Crippen LogP contribution in [0, 0.1) is 27.7 Å². The standard InChI is InChI=1S/C20H22Cl3N3OS/c1-11-7-12(2)9-15(8-11)17(27)25-18(20(21,22)23)26-19(28)24-16-6-5-13(3)14(4)10-16/h5-10,18H,1-4H3,(H,25,27)(H2,24,26,28). The molecule has 2 aromatic rings. The van der Waals surface area contributed by atoms with E-state index in [1.807, 2.05) is 52.0 Å². The number of carbonyl (C=O) groups is 1.